The second-order valence-corrected chi connectivity index (χ2v) is 8.55. The molecule has 0 bridgehead atoms. The van der Waals surface area contributed by atoms with E-state index in [0.29, 0.717) is 37.6 Å². The van der Waals surface area contributed by atoms with Gasteiger partial charge in [0.2, 0.25) is 11.8 Å². The minimum atomic E-state index is -0.273. The van der Waals surface area contributed by atoms with Gasteiger partial charge in [0.15, 0.2) is 11.5 Å². The summed E-state index contributed by atoms with van der Waals surface area (Å²) in [6.45, 7) is 3.47. The fourth-order valence-corrected chi connectivity index (χ4v) is 4.14. The first kappa shape index (κ1) is 24.6. The lowest BCUT2D eigenvalue weighted by atomic mass is 10.1. The first-order valence-electron chi connectivity index (χ1n) is 11.5. The Morgan fingerprint density at radius 1 is 1.09 bits per heavy atom. The van der Waals surface area contributed by atoms with Crippen molar-refractivity contribution in [3.8, 4) is 11.5 Å². The lowest BCUT2D eigenvalue weighted by Gasteiger charge is -2.18. The van der Waals surface area contributed by atoms with Gasteiger partial charge in [-0.05, 0) is 49.7 Å². The van der Waals surface area contributed by atoms with Gasteiger partial charge in [0.25, 0.3) is 0 Å². The Morgan fingerprint density at radius 2 is 1.85 bits per heavy atom. The number of nitrogens with zero attached hydrogens (tertiary/aromatic N) is 2. The van der Waals surface area contributed by atoms with Gasteiger partial charge in [0.05, 0.1) is 20.1 Å². The first-order chi connectivity index (χ1) is 16.0. The molecule has 1 aliphatic heterocycles. The third-order valence-electron chi connectivity index (χ3n) is 6.01. The minimum absolute atomic E-state index is 0.0253. The van der Waals surface area contributed by atoms with E-state index in [4.69, 9.17) is 9.47 Å². The summed E-state index contributed by atoms with van der Waals surface area (Å²) in [6.07, 6.45) is 1.86. The molecule has 0 radical (unpaired) electrons. The van der Waals surface area contributed by atoms with Crippen molar-refractivity contribution < 1.29 is 19.1 Å². The summed E-state index contributed by atoms with van der Waals surface area (Å²) in [5.41, 5.74) is 2.34. The van der Waals surface area contributed by atoms with E-state index in [1.807, 2.05) is 36.4 Å². The molecule has 0 aliphatic carbocycles. The van der Waals surface area contributed by atoms with Crippen molar-refractivity contribution in [3.05, 3.63) is 59.7 Å². The van der Waals surface area contributed by atoms with Crippen LogP contribution in [0.15, 0.2) is 48.5 Å². The van der Waals surface area contributed by atoms with Crippen LogP contribution in [0.25, 0.3) is 0 Å². The van der Waals surface area contributed by atoms with Crippen LogP contribution in [0.1, 0.15) is 24.0 Å². The van der Waals surface area contributed by atoms with E-state index in [1.165, 1.54) is 5.56 Å². The fourth-order valence-electron chi connectivity index (χ4n) is 4.14. The van der Waals surface area contributed by atoms with Crippen molar-refractivity contribution in [2.45, 2.75) is 25.8 Å². The predicted molar refractivity (Wildman–Crippen MR) is 128 cm³/mol. The smallest absolute Gasteiger partial charge is 0.225 e. The molecule has 1 atom stereocenters. The maximum absolute atomic E-state index is 12.6. The van der Waals surface area contributed by atoms with Gasteiger partial charge < -0.3 is 24.6 Å². The van der Waals surface area contributed by atoms with Crippen molar-refractivity contribution in [3.63, 3.8) is 0 Å². The Bertz CT molecular complexity index is 919. The summed E-state index contributed by atoms with van der Waals surface area (Å²) >= 11 is 0. The zero-order chi connectivity index (χ0) is 23.6. The monoisotopic (exact) mass is 453 g/mol. The molecule has 2 aromatic carbocycles. The topological polar surface area (TPSA) is 71.1 Å². The van der Waals surface area contributed by atoms with Gasteiger partial charge in [-0.15, -0.1) is 0 Å². The first-order valence-corrected chi connectivity index (χ1v) is 11.5. The Kier molecular flexibility index (Phi) is 9.13. The molecule has 1 heterocycles. The van der Waals surface area contributed by atoms with Crippen LogP contribution in [0, 0.1) is 5.92 Å². The van der Waals surface area contributed by atoms with Crippen LogP contribution in [0.2, 0.25) is 0 Å². The molecule has 2 amide bonds. The number of likely N-dealkylation sites (tertiary alicyclic amines) is 1. The lowest BCUT2D eigenvalue weighted by Crippen LogP contribution is -2.35. The predicted octanol–water partition coefficient (Wildman–Crippen LogP) is 2.73. The van der Waals surface area contributed by atoms with Crippen LogP contribution < -0.4 is 14.8 Å². The number of amides is 2. The highest BCUT2D eigenvalue weighted by Crippen LogP contribution is 2.28. The van der Waals surface area contributed by atoms with E-state index in [9.17, 15) is 9.59 Å². The minimum Gasteiger partial charge on any atom is -0.493 e. The van der Waals surface area contributed by atoms with Gasteiger partial charge in [-0.1, -0.05) is 36.4 Å². The van der Waals surface area contributed by atoms with E-state index < -0.39 is 0 Å². The maximum Gasteiger partial charge on any atom is 0.225 e. The standard InChI is InChI=1S/C26H35N3O4/c1-28(18-21-8-5-4-6-9-21)14-7-13-27-26(31)22-17-25(30)29(19-22)15-12-20-10-11-23(32-2)24(16-20)33-3/h4-6,8-11,16,22H,7,12-15,17-19H2,1-3H3,(H,27,31)/t22-/m1/s1. The Balaban J connectivity index is 1.37. The average molecular weight is 454 g/mol. The van der Waals surface area contributed by atoms with Crippen molar-refractivity contribution in [1.82, 2.24) is 15.1 Å². The number of nitrogens with one attached hydrogen (secondary N) is 1. The van der Waals surface area contributed by atoms with Crippen LogP contribution >= 0.6 is 0 Å². The number of methoxy groups -OCH3 is 2. The number of carbonyl (C=O) groups excluding carboxylic acids is 2. The normalized spacial score (nSPS) is 15.7. The largest absolute Gasteiger partial charge is 0.493 e. The molecular weight excluding hydrogens is 418 g/mol. The van der Waals surface area contributed by atoms with Crippen molar-refractivity contribution in [1.29, 1.82) is 0 Å². The number of hydrogen-bond acceptors (Lipinski definition) is 5. The van der Waals surface area contributed by atoms with E-state index in [1.54, 1.807) is 19.1 Å². The zero-order valence-corrected chi connectivity index (χ0v) is 19.9. The summed E-state index contributed by atoms with van der Waals surface area (Å²) in [5.74, 6) is 1.10. The second kappa shape index (κ2) is 12.3. The number of benzene rings is 2. The van der Waals surface area contributed by atoms with Crippen LogP contribution in [0.3, 0.4) is 0 Å². The third-order valence-corrected chi connectivity index (χ3v) is 6.01. The Morgan fingerprint density at radius 3 is 2.58 bits per heavy atom. The highest BCUT2D eigenvalue weighted by Gasteiger charge is 2.33. The number of rotatable bonds is 12. The zero-order valence-electron chi connectivity index (χ0n) is 19.9. The molecule has 7 heteroatoms. The van der Waals surface area contributed by atoms with Gasteiger partial charge >= 0.3 is 0 Å². The molecule has 1 saturated heterocycles. The van der Waals surface area contributed by atoms with E-state index in [0.717, 1.165) is 25.1 Å². The van der Waals surface area contributed by atoms with E-state index >= 15 is 0 Å². The van der Waals surface area contributed by atoms with Gasteiger partial charge in [-0.3, -0.25) is 9.59 Å². The Hall–Kier alpha value is -3.06. The third kappa shape index (κ3) is 7.22. The molecule has 0 unspecified atom stereocenters. The van der Waals surface area contributed by atoms with E-state index in [2.05, 4.69) is 29.4 Å². The fraction of sp³-hybridized carbons (Fsp3) is 0.462. The molecule has 1 aliphatic rings. The molecule has 1 fully saturated rings. The molecule has 2 aromatic rings. The molecule has 0 spiro atoms. The highest BCUT2D eigenvalue weighted by molar-refractivity contribution is 5.89. The molecule has 0 saturated carbocycles. The van der Waals surface area contributed by atoms with Gasteiger partial charge in [-0.2, -0.15) is 0 Å². The highest BCUT2D eigenvalue weighted by atomic mass is 16.5. The average Bonchev–Trinajstić information content (AvgIpc) is 3.21. The molecule has 33 heavy (non-hydrogen) atoms. The summed E-state index contributed by atoms with van der Waals surface area (Å²) in [7, 11) is 5.30. The number of hydrogen-bond donors (Lipinski definition) is 1. The summed E-state index contributed by atoms with van der Waals surface area (Å²) in [5, 5.41) is 3.01. The van der Waals surface area contributed by atoms with Crippen molar-refractivity contribution in [2.75, 3.05) is 47.4 Å². The van der Waals surface area contributed by atoms with Crippen molar-refractivity contribution >= 4 is 11.8 Å². The Labute approximate surface area is 196 Å². The molecule has 1 N–H and O–H groups in total. The van der Waals surface area contributed by atoms with E-state index in [-0.39, 0.29) is 24.2 Å². The SMILES string of the molecule is COc1ccc(CCN2C[C@H](C(=O)NCCCN(C)Cc3ccccc3)CC2=O)cc1OC. The summed E-state index contributed by atoms with van der Waals surface area (Å²) in [6, 6.07) is 16.1. The van der Waals surface area contributed by atoms with Crippen LogP contribution in [0.4, 0.5) is 0 Å². The lowest BCUT2D eigenvalue weighted by molar-refractivity contribution is -0.129. The molecular formula is C26H35N3O4. The summed E-state index contributed by atoms with van der Waals surface area (Å²) in [4.78, 5) is 29.0. The maximum atomic E-state index is 12.6. The number of ether oxygens (including phenoxy) is 2. The van der Waals surface area contributed by atoms with Gasteiger partial charge in [0, 0.05) is 32.6 Å². The van der Waals surface area contributed by atoms with Crippen LogP contribution in [0.5, 0.6) is 11.5 Å². The van der Waals surface area contributed by atoms with Gasteiger partial charge in [0.1, 0.15) is 0 Å². The second-order valence-electron chi connectivity index (χ2n) is 8.55. The number of carbonyl (C=O) groups is 2. The molecule has 7 nitrogen and oxygen atoms in total. The molecule has 178 valence electrons. The quantitative estimate of drug-likeness (QED) is 0.501. The van der Waals surface area contributed by atoms with Crippen LogP contribution in [-0.2, 0) is 22.6 Å². The molecule has 0 aromatic heterocycles. The van der Waals surface area contributed by atoms with Gasteiger partial charge in [-0.25, -0.2) is 0 Å². The molecule has 3 rings (SSSR count). The van der Waals surface area contributed by atoms with Crippen LogP contribution in [-0.4, -0.2) is 69.1 Å². The van der Waals surface area contributed by atoms with Crippen molar-refractivity contribution in [2.24, 2.45) is 5.92 Å². The summed E-state index contributed by atoms with van der Waals surface area (Å²) < 4.78 is 10.6.